The largest absolute Gasteiger partial charge is 0.443 e. The van der Waals surface area contributed by atoms with E-state index in [2.05, 4.69) is 4.72 Å². The van der Waals surface area contributed by atoms with Crippen LogP contribution in [0.3, 0.4) is 0 Å². The maximum atomic E-state index is 12.2. The van der Waals surface area contributed by atoms with Crippen molar-refractivity contribution in [3.05, 3.63) is 30.3 Å². The molecule has 0 aliphatic carbocycles. The van der Waals surface area contributed by atoms with Crippen LogP contribution in [-0.4, -0.2) is 51.2 Å². The normalized spacial score (nSPS) is 15.5. The number of hydrogen-bond acceptors (Lipinski definition) is 5. The third-order valence-electron chi connectivity index (χ3n) is 2.97. The third kappa shape index (κ3) is 4.04. The SMILES string of the molecule is CN(C)C[C@@](C)(O)CNS(=O)(=O)c1cc2ccccc2o1. The van der Waals surface area contributed by atoms with Crippen LogP contribution >= 0.6 is 0 Å². The van der Waals surface area contributed by atoms with Crippen molar-refractivity contribution in [2.75, 3.05) is 27.2 Å². The van der Waals surface area contributed by atoms with Gasteiger partial charge in [0.05, 0.1) is 5.60 Å². The lowest BCUT2D eigenvalue weighted by Crippen LogP contribution is -2.46. The molecule has 0 amide bonds. The first-order valence-electron chi connectivity index (χ1n) is 6.55. The first-order valence-corrected chi connectivity index (χ1v) is 8.03. The number of benzene rings is 1. The van der Waals surface area contributed by atoms with Crippen LogP contribution in [-0.2, 0) is 10.0 Å². The smallest absolute Gasteiger partial charge is 0.274 e. The van der Waals surface area contributed by atoms with Gasteiger partial charge in [-0.2, -0.15) is 0 Å². The highest BCUT2D eigenvalue weighted by molar-refractivity contribution is 7.89. The molecule has 2 aromatic rings. The van der Waals surface area contributed by atoms with Gasteiger partial charge in [-0.25, -0.2) is 13.1 Å². The van der Waals surface area contributed by atoms with Gasteiger partial charge in [0.15, 0.2) is 0 Å². The first kappa shape index (κ1) is 16.0. The van der Waals surface area contributed by atoms with E-state index in [1.54, 1.807) is 30.0 Å². The highest BCUT2D eigenvalue weighted by Gasteiger charge is 2.26. The predicted octanol–water partition coefficient (Wildman–Crippen LogP) is 1.02. The number of nitrogens with zero attached hydrogens (tertiary/aromatic N) is 1. The van der Waals surface area contributed by atoms with Crippen LogP contribution in [0.5, 0.6) is 0 Å². The van der Waals surface area contributed by atoms with E-state index in [4.69, 9.17) is 4.42 Å². The second kappa shape index (κ2) is 5.76. The number of fused-ring (bicyclic) bond motifs is 1. The monoisotopic (exact) mass is 312 g/mol. The third-order valence-corrected chi connectivity index (χ3v) is 4.22. The fraction of sp³-hybridized carbons (Fsp3) is 0.429. The van der Waals surface area contributed by atoms with Crippen molar-refractivity contribution in [1.82, 2.24) is 9.62 Å². The Balaban J connectivity index is 2.15. The summed E-state index contributed by atoms with van der Waals surface area (Å²) >= 11 is 0. The van der Waals surface area contributed by atoms with Gasteiger partial charge in [-0.15, -0.1) is 0 Å². The maximum absolute atomic E-state index is 12.2. The zero-order valence-electron chi connectivity index (χ0n) is 12.3. The molecule has 0 fully saturated rings. The number of likely N-dealkylation sites (N-methyl/N-ethyl adjacent to an activating group) is 1. The van der Waals surface area contributed by atoms with Crippen LogP contribution < -0.4 is 4.72 Å². The van der Waals surface area contributed by atoms with Crippen LogP contribution in [0.4, 0.5) is 0 Å². The fourth-order valence-corrected chi connectivity index (χ4v) is 3.27. The predicted molar refractivity (Wildman–Crippen MR) is 80.6 cm³/mol. The Labute approximate surface area is 124 Å². The molecule has 0 saturated heterocycles. The molecule has 2 N–H and O–H groups in total. The first-order chi connectivity index (χ1) is 9.70. The average Bonchev–Trinajstić information content (AvgIpc) is 2.80. The molecule has 0 radical (unpaired) electrons. The van der Waals surface area contributed by atoms with E-state index in [0.29, 0.717) is 12.1 Å². The summed E-state index contributed by atoms with van der Waals surface area (Å²) < 4.78 is 32.1. The summed E-state index contributed by atoms with van der Waals surface area (Å²) in [5, 5.41) is 10.7. The van der Waals surface area contributed by atoms with Crippen LogP contribution in [0, 0.1) is 0 Å². The standard InChI is InChI=1S/C14H20N2O4S/c1-14(17,10-16(2)3)9-15-21(18,19)13-8-11-6-4-5-7-12(11)20-13/h4-8,15,17H,9-10H2,1-3H3/t14-/m0/s1. The van der Waals surface area contributed by atoms with Crippen molar-refractivity contribution in [1.29, 1.82) is 0 Å². The minimum absolute atomic E-state index is 0.0927. The second-order valence-corrected chi connectivity index (χ2v) is 7.36. The highest BCUT2D eigenvalue weighted by atomic mass is 32.2. The minimum Gasteiger partial charge on any atom is -0.443 e. The summed E-state index contributed by atoms with van der Waals surface area (Å²) in [5.41, 5.74) is -0.652. The number of sulfonamides is 1. The lowest BCUT2D eigenvalue weighted by atomic mass is 10.1. The molecule has 0 saturated carbocycles. The topological polar surface area (TPSA) is 82.8 Å². The van der Waals surface area contributed by atoms with Crippen molar-refractivity contribution in [2.24, 2.45) is 0 Å². The van der Waals surface area contributed by atoms with Gasteiger partial charge in [0.25, 0.3) is 10.0 Å². The number of nitrogens with one attached hydrogen (secondary N) is 1. The minimum atomic E-state index is -3.79. The molecule has 116 valence electrons. The Morgan fingerprint density at radius 1 is 1.33 bits per heavy atom. The Morgan fingerprint density at radius 3 is 2.62 bits per heavy atom. The van der Waals surface area contributed by atoms with Gasteiger partial charge in [0, 0.05) is 24.5 Å². The number of aliphatic hydroxyl groups is 1. The van der Waals surface area contributed by atoms with E-state index in [0.717, 1.165) is 5.39 Å². The van der Waals surface area contributed by atoms with E-state index in [9.17, 15) is 13.5 Å². The summed E-state index contributed by atoms with van der Waals surface area (Å²) in [5.74, 6) is 0. The Morgan fingerprint density at radius 2 is 2.00 bits per heavy atom. The number of rotatable bonds is 6. The van der Waals surface area contributed by atoms with Gasteiger partial charge >= 0.3 is 0 Å². The van der Waals surface area contributed by atoms with Gasteiger partial charge < -0.3 is 14.4 Å². The molecule has 1 aromatic heterocycles. The maximum Gasteiger partial charge on any atom is 0.274 e. The van der Waals surface area contributed by atoms with E-state index in [-0.39, 0.29) is 11.6 Å². The van der Waals surface area contributed by atoms with Gasteiger partial charge in [-0.05, 0) is 27.1 Å². The molecular formula is C14H20N2O4S. The summed E-state index contributed by atoms with van der Waals surface area (Å²) in [6.45, 7) is 1.83. The molecule has 2 rings (SSSR count). The molecule has 6 nitrogen and oxygen atoms in total. The number of hydrogen-bond donors (Lipinski definition) is 2. The molecule has 0 aliphatic rings. The van der Waals surface area contributed by atoms with Crippen LogP contribution in [0.1, 0.15) is 6.92 Å². The number of furan rings is 1. The molecule has 1 heterocycles. The summed E-state index contributed by atoms with van der Waals surface area (Å²) in [7, 11) is -0.171. The van der Waals surface area contributed by atoms with E-state index in [1.165, 1.54) is 6.07 Å². The zero-order valence-corrected chi connectivity index (χ0v) is 13.1. The summed E-state index contributed by atoms with van der Waals surface area (Å²) in [6, 6.07) is 8.54. The average molecular weight is 312 g/mol. The Hall–Kier alpha value is -1.41. The van der Waals surface area contributed by atoms with Crippen LogP contribution in [0.25, 0.3) is 11.0 Å². The molecule has 1 aromatic carbocycles. The summed E-state index contributed by atoms with van der Waals surface area (Å²) in [4.78, 5) is 1.79. The van der Waals surface area contributed by atoms with Gasteiger partial charge in [0.2, 0.25) is 5.09 Å². The fourth-order valence-electron chi connectivity index (χ4n) is 2.15. The van der Waals surface area contributed by atoms with Crippen LogP contribution in [0.15, 0.2) is 39.8 Å². The Kier molecular flexibility index (Phi) is 4.38. The lowest BCUT2D eigenvalue weighted by molar-refractivity contribution is 0.0385. The molecule has 21 heavy (non-hydrogen) atoms. The van der Waals surface area contributed by atoms with Crippen molar-refractivity contribution in [3.8, 4) is 0 Å². The number of para-hydroxylation sites is 1. The van der Waals surface area contributed by atoms with E-state index >= 15 is 0 Å². The van der Waals surface area contributed by atoms with E-state index in [1.807, 2.05) is 20.2 Å². The van der Waals surface area contributed by atoms with Crippen molar-refractivity contribution in [3.63, 3.8) is 0 Å². The molecule has 0 bridgehead atoms. The van der Waals surface area contributed by atoms with Gasteiger partial charge in [-0.1, -0.05) is 18.2 Å². The Bertz CT molecular complexity index is 686. The second-order valence-electron chi connectivity index (χ2n) is 5.66. The molecule has 0 spiro atoms. The van der Waals surface area contributed by atoms with E-state index < -0.39 is 15.6 Å². The molecule has 0 aliphatic heterocycles. The molecule has 0 unspecified atom stereocenters. The van der Waals surface area contributed by atoms with Crippen molar-refractivity contribution in [2.45, 2.75) is 17.6 Å². The zero-order chi connectivity index (χ0) is 15.7. The molecular weight excluding hydrogens is 292 g/mol. The highest BCUT2D eigenvalue weighted by Crippen LogP contribution is 2.22. The van der Waals surface area contributed by atoms with Crippen LogP contribution in [0.2, 0.25) is 0 Å². The van der Waals surface area contributed by atoms with Gasteiger partial charge in [-0.3, -0.25) is 0 Å². The molecule has 1 atom stereocenters. The molecule has 7 heteroatoms. The van der Waals surface area contributed by atoms with Crippen molar-refractivity contribution < 1.29 is 17.9 Å². The van der Waals surface area contributed by atoms with Crippen molar-refractivity contribution >= 4 is 21.0 Å². The lowest BCUT2D eigenvalue weighted by Gasteiger charge is -2.26. The quantitative estimate of drug-likeness (QED) is 0.832. The van der Waals surface area contributed by atoms with Gasteiger partial charge in [0.1, 0.15) is 5.58 Å². The summed E-state index contributed by atoms with van der Waals surface area (Å²) in [6.07, 6.45) is 0.